The number of nitrogens with one attached hydrogen (secondary N) is 1. The molecule has 1 aromatic rings. The third-order valence-corrected chi connectivity index (χ3v) is 4.32. The van der Waals surface area contributed by atoms with E-state index >= 15 is 0 Å². The van der Waals surface area contributed by atoms with Crippen LogP contribution in [-0.2, 0) is 22.6 Å². The third-order valence-electron chi connectivity index (χ3n) is 4.32. The van der Waals surface area contributed by atoms with Crippen molar-refractivity contribution in [2.24, 2.45) is 0 Å². The number of carbonyl (C=O) groups is 1. The van der Waals surface area contributed by atoms with Crippen molar-refractivity contribution in [3.8, 4) is 0 Å². The van der Waals surface area contributed by atoms with Gasteiger partial charge in [0.25, 0.3) is 0 Å². The summed E-state index contributed by atoms with van der Waals surface area (Å²) in [5.74, 6) is 0.0141. The van der Waals surface area contributed by atoms with E-state index in [1.54, 1.807) is 0 Å². The van der Waals surface area contributed by atoms with Gasteiger partial charge in [-0.05, 0) is 38.3 Å². The lowest BCUT2D eigenvalue weighted by molar-refractivity contribution is -0.117. The van der Waals surface area contributed by atoms with Crippen LogP contribution in [0.1, 0.15) is 45.2 Å². The summed E-state index contributed by atoms with van der Waals surface area (Å²) in [6.07, 6.45) is 3.37. The van der Waals surface area contributed by atoms with Gasteiger partial charge in [-0.1, -0.05) is 37.3 Å². The van der Waals surface area contributed by atoms with E-state index in [4.69, 9.17) is 4.74 Å². The molecular weight excluding hydrogens is 300 g/mol. The number of allylic oxidation sites excluding steroid dienone is 1. The van der Waals surface area contributed by atoms with Crippen molar-refractivity contribution in [2.75, 3.05) is 13.1 Å². The lowest BCUT2D eigenvalue weighted by atomic mass is 10.1. The van der Waals surface area contributed by atoms with Gasteiger partial charge in [0.1, 0.15) is 0 Å². The summed E-state index contributed by atoms with van der Waals surface area (Å²) in [6, 6.07) is 8.35. The predicted octanol–water partition coefficient (Wildman–Crippen LogP) is 3.27. The molecule has 0 aliphatic carbocycles. The van der Waals surface area contributed by atoms with Gasteiger partial charge in [0.05, 0.1) is 12.2 Å². The molecule has 4 heteroatoms. The molecule has 1 aromatic carbocycles. The van der Waals surface area contributed by atoms with Crippen LogP contribution < -0.4 is 5.32 Å². The molecule has 0 saturated carbocycles. The van der Waals surface area contributed by atoms with E-state index in [0.29, 0.717) is 6.54 Å². The Bertz CT molecular complexity index is 573. The number of morpholine rings is 1. The molecule has 1 amide bonds. The van der Waals surface area contributed by atoms with E-state index in [2.05, 4.69) is 42.3 Å². The summed E-state index contributed by atoms with van der Waals surface area (Å²) < 4.78 is 5.81. The summed E-state index contributed by atoms with van der Waals surface area (Å²) in [5.41, 5.74) is 3.24. The number of ether oxygens (including phenoxy) is 1. The Labute approximate surface area is 145 Å². The van der Waals surface area contributed by atoms with Gasteiger partial charge in [-0.2, -0.15) is 0 Å². The zero-order chi connectivity index (χ0) is 17.5. The highest BCUT2D eigenvalue weighted by atomic mass is 16.5. The van der Waals surface area contributed by atoms with Crippen molar-refractivity contribution in [1.82, 2.24) is 10.2 Å². The van der Waals surface area contributed by atoms with Gasteiger partial charge in [0.15, 0.2) is 0 Å². The molecule has 0 aromatic heterocycles. The standard InChI is InChI=1S/C20H30N2O2/c1-5-8-15(2)20(23)21-11-18-9-6-7-10-19(18)14-22-12-16(3)24-17(4)13-22/h6-10,16-17H,5,11-14H2,1-4H3,(H,21,23)/b15-8-/t16-,17+. The zero-order valence-electron chi connectivity index (χ0n) is 15.3. The van der Waals surface area contributed by atoms with Gasteiger partial charge in [-0.25, -0.2) is 0 Å². The lowest BCUT2D eigenvalue weighted by Crippen LogP contribution is -2.45. The highest BCUT2D eigenvalue weighted by Gasteiger charge is 2.22. The molecule has 1 saturated heterocycles. The normalized spacial score (nSPS) is 22.4. The maximum Gasteiger partial charge on any atom is 0.246 e. The molecule has 0 bridgehead atoms. The van der Waals surface area contributed by atoms with Crippen LogP contribution in [0.3, 0.4) is 0 Å². The Hall–Kier alpha value is -1.65. The number of carbonyl (C=O) groups excluding carboxylic acids is 1. The molecule has 0 spiro atoms. The van der Waals surface area contributed by atoms with E-state index in [0.717, 1.165) is 31.6 Å². The van der Waals surface area contributed by atoms with Crippen LogP contribution in [-0.4, -0.2) is 36.1 Å². The average Bonchev–Trinajstić information content (AvgIpc) is 2.53. The van der Waals surface area contributed by atoms with E-state index in [-0.39, 0.29) is 18.1 Å². The van der Waals surface area contributed by atoms with Crippen molar-refractivity contribution in [1.29, 1.82) is 0 Å². The smallest absolute Gasteiger partial charge is 0.246 e. The molecule has 24 heavy (non-hydrogen) atoms. The van der Waals surface area contributed by atoms with Crippen LogP contribution >= 0.6 is 0 Å². The second kappa shape index (κ2) is 9.00. The van der Waals surface area contributed by atoms with Gasteiger partial charge in [0.2, 0.25) is 5.91 Å². The minimum Gasteiger partial charge on any atom is -0.373 e. The summed E-state index contributed by atoms with van der Waals surface area (Å²) in [6.45, 7) is 11.5. The molecule has 1 aliphatic heterocycles. The minimum atomic E-state index is 0.0141. The predicted molar refractivity (Wildman–Crippen MR) is 97.6 cm³/mol. The Morgan fingerprint density at radius 2 is 1.88 bits per heavy atom. The van der Waals surface area contributed by atoms with Gasteiger partial charge in [0, 0.05) is 31.8 Å². The summed E-state index contributed by atoms with van der Waals surface area (Å²) in [4.78, 5) is 14.5. The number of rotatable bonds is 6. The fourth-order valence-electron chi connectivity index (χ4n) is 3.25. The van der Waals surface area contributed by atoms with Crippen molar-refractivity contribution in [3.05, 3.63) is 47.0 Å². The van der Waals surface area contributed by atoms with E-state index in [1.165, 1.54) is 11.1 Å². The number of amides is 1. The van der Waals surface area contributed by atoms with Crippen molar-refractivity contribution < 1.29 is 9.53 Å². The van der Waals surface area contributed by atoms with Gasteiger partial charge in [-0.15, -0.1) is 0 Å². The Balaban J connectivity index is 1.99. The molecule has 2 atom stereocenters. The molecule has 1 fully saturated rings. The second-order valence-electron chi connectivity index (χ2n) is 6.70. The van der Waals surface area contributed by atoms with Crippen LogP contribution in [0.15, 0.2) is 35.9 Å². The molecule has 1 heterocycles. The minimum absolute atomic E-state index is 0.0141. The molecular formula is C20H30N2O2. The fraction of sp³-hybridized carbons (Fsp3) is 0.550. The molecule has 0 unspecified atom stereocenters. The summed E-state index contributed by atoms with van der Waals surface area (Å²) >= 11 is 0. The highest BCUT2D eigenvalue weighted by Crippen LogP contribution is 2.17. The Kier molecular flexibility index (Phi) is 7.00. The van der Waals surface area contributed by atoms with Crippen molar-refractivity contribution in [3.63, 3.8) is 0 Å². The van der Waals surface area contributed by atoms with Gasteiger partial charge >= 0.3 is 0 Å². The highest BCUT2D eigenvalue weighted by molar-refractivity contribution is 5.92. The quantitative estimate of drug-likeness (QED) is 0.814. The number of benzene rings is 1. The van der Waals surface area contributed by atoms with Crippen LogP contribution in [0.4, 0.5) is 0 Å². The first-order chi connectivity index (χ1) is 11.5. The van der Waals surface area contributed by atoms with Gasteiger partial charge < -0.3 is 10.1 Å². The number of nitrogens with zero attached hydrogens (tertiary/aromatic N) is 1. The maximum atomic E-state index is 12.1. The molecule has 4 nitrogen and oxygen atoms in total. The lowest BCUT2D eigenvalue weighted by Gasteiger charge is -2.35. The SMILES string of the molecule is CC/C=C(/C)C(=O)NCc1ccccc1CN1C[C@@H](C)O[C@@H](C)C1. The third kappa shape index (κ3) is 5.46. The molecule has 2 rings (SSSR count). The average molecular weight is 330 g/mol. The van der Waals surface area contributed by atoms with E-state index in [1.807, 2.05) is 26.0 Å². The largest absolute Gasteiger partial charge is 0.373 e. The molecule has 132 valence electrons. The first kappa shape index (κ1) is 18.7. The Morgan fingerprint density at radius 3 is 2.50 bits per heavy atom. The monoisotopic (exact) mass is 330 g/mol. The molecule has 0 radical (unpaired) electrons. The van der Waals surface area contributed by atoms with Crippen LogP contribution in [0.25, 0.3) is 0 Å². The van der Waals surface area contributed by atoms with Gasteiger partial charge in [-0.3, -0.25) is 9.69 Å². The fourth-order valence-corrected chi connectivity index (χ4v) is 3.25. The van der Waals surface area contributed by atoms with Crippen LogP contribution in [0.2, 0.25) is 0 Å². The first-order valence-corrected chi connectivity index (χ1v) is 8.89. The Morgan fingerprint density at radius 1 is 1.25 bits per heavy atom. The van der Waals surface area contributed by atoms with Crippen LogP contribution in [0.5, 0.6) is 0 Å². The van der Waals surface area contributed by atoms with Crippen molar-refractivity contribution >= 4 is 5.91 Å². The van der Waals surface area contributed by atoms with Crippen molar-refractivity contribution in [2.45, 2.75) is 59.4 Å². The summed E-state index contributed by atoms with van der Waals surface area (Å²) in [5, 5.41) is 3.03. The zero-order valence-corrected chi connectivity index (χ0v) is 15.3. The maximum absolute atomic E-state index is 12.1. The second-order valence-corrected chi connectivity index (χ2v) is 6.70. The van der Waals surface area contributed by atoms with E-state index < -0.39 is 0 Å². The summed E-state index contributed by atoms with van der Waals surface area (Å²) in [7, 11) is 0. The van der Waals surface area contributed by atoms with E-state index in [9.17, 15) is 4.79 Å². The first-order valence-electron chi connectivity index (χ1n) is 8.89. The molecule has 1 aliphatic rings. The topological polar surface area (TPSA) is 41.6 Å². The van der Waals surface area contributed by atoms with Crippen LogP contribution in [0, 0.1) is 0 Å². The number of hydrogen-bond donors (Lipinski definition) is 1. The molecule has 1 N–H and O–H groups in total. The number of hydrogen-bond acceptors (Lipinski definition) is 3.